The molecule has 2 aromatic carbocycles. The Morgan fingerprint density at radius 1 is 1.04 bits per heavy atom. The lowest BCUT2D eigenvalue weighted by Gasteiger charge is -2.16. The molecule has 28 heavy (non-hydrogen) atoms. The molecule has 1 unspecified atom stereocenters. The van der Waals surface area contributed by atoms with Crippen LogP contribution in [0.1, 0.15) is 34.6 Å². The summed E-state index contributed by atoms with van der Waals surface area (Å²) in [5, 5.41) is 10.3. The molecule has 0 bridgehead atoms. The third-order valence-electron chi connectivity index (χ3n) is 4.77. The van der Waals surface area contributed by atoms with Gasteiger partial charge in [0.2, 0.25) is 0 Å². The smallest absolute Gasteiger partial charge is 0.270 e. The molecule has 7 nitrogen and oxygen atoms in total. The molecule has 0 saturated heterocycles. The number of methoxy groups -OCH3 is 2. The van der Waals surface area contributed by atoms with E-state index in [-0.39, 0.29) is 11.9 Å². The highest BCUT2D eigenvalue weighted by atomic mass is 16.5. The predicted octanol–water partition coefficient (Wildman–Crippen LogP) is 3.33. The Hall–Kier alpha value is -3.48. The molecule has 1 aliphatic rings. The molecule has 1 aromatic heterocycles. The van der Waals surface area contributed by atoms with E-state index in [0.717, 1.165) is 28.1 Å². The van der Waals surface area contributed by atoms with E-state index in [0.29, 0.717) is 23.8 Å². The predicted molar refractivity (Wildman–Crippen MR) is 104 cm³/mol. The van der Waals surface area contributed by atoms with Crippen LogP contribution >= 0.6 is 0 Å². The van der Waals surface area contributed by atoms with Gasteiger partial charge in [0, 0.05) is 11.1 Å². The first-order chi connectivity index (χ1) is 13.7. The van der Waals surface area contributed by atoms with Gasteiger partial charge in [0.25, 0.3) is 5.91 Å². The van der Waals surface area contributed by atoms with E-state index in [9.17, 15) is 4.79 Å². The van der Waals surface area contributed by atoms with Gasteiger partial charge in [-0.1, -0.05) is 6.07 Å². The second kappa shape index (κ2) is 7.26. The molecule has 144 valence electrons. The number of aromatic amines is 1. The average Bonchev–Trinajstić information content (AvgIpc) is 3.30. The van der Waals surface area contributed by atoms with Crippen LogP contribution in [0.4, 0.5) is 0 Å². The lowest BCUT2D eigenvalue weighted by Crippen LogP contribution is -2.21. The lowest BCUT2D eigenvalue weighted by atomic mass is 9.96. The van der Waals surface area contributed by atoms with Crippen LogP contribution in [-0.4, -0.2) is 36.9 Å². The quantitative estimate of drug-likeness (QED) is 0.686. The number of hydrogen-bond acceptors (Lipinski definition) is 5. The molecule has 0 spiro atoms. The van der Waals surface area contributed by atoms with E-state index >= 15 is 0 Å². The molecule has 0 radical (unpaired) electrons. The number of carbonyl (C=O) groups is 1. The first-order valence-corrected chi connectivity index (χ1v) is 9.00. The number of carbonyl (C=O) groups excluding carboxylic acids is 1. The summed E-state index contributed by atoms with van der Waals surface area (Å²) in [6.45, 7) is 2.55. The van der Waals surface area contributed by atoms with Gasteiger partial charge in [0.1, 0.15) is 11.4 Å². The minimum atomic E-state index is -0.331. The number of aromatic nitrogens is 2. The lowest BCUT2D eigenvalue weighted by molar-refractivity contribution is 0.0955. The maximum absolute atomic E-state index is 12.5. The molecule has 0 fully saturated rings. The zero-order valence-electron chi connectivity index (χ0n) is 15.9. The standard InChI is InChI=1S/C21H21N3O4/c1-4-28-14-8-5-12(6-9-14)19-17-18(22-21(25)20(17)24-23-19)13-7-10-15(26-2)16(11-13)27-3/h5-11,18H,4H2,1-3H3,(H,22,25)(H,23,24). The van der Waals surface area contributed by atoms with Crippen molar-refractivity contribution >= 4 is 5.91 Å². The highest BCUT2D eigenvalue weighted by molar-refractivity contribution is 6.00. The monoisotopic (exact) mass is 379 g/mol. The topological polar surface area (TPSA) is 85.5 Å². The number of rotatable bonds is 6. The first-order valence-electron chi connectivity index (χ1n) is 9.00. The van der Waals surface area contributed by atoms with Gasteiger partial charge < -0.3 is 19.5 Å². The van der Waals surface area contributed by atoms with Crippen molar-refractivity contribution in [3.8, 4) is 28.5 Å². The van der Waals surface area contributed by atoms with Gasteiger partial charge >= 0.3 is 0 Å². The molecule has 0 saturated carbocycles. The number of H-pyrrole nitrogens is 1. The molecular formula is C21H21N3O4. The number of nitrogens with zero attached hydrogens (tertiary/aromatic N) is 1. The van der Waals surface area contributed by atoms with Crippen molar-refractivity contribution in [2.24, 2.45) is 0 Å². The number of hydrogen-bond donors (Lipinski definition) is 2. The van der Waals surface area contributed by atoms with E-state index < -0.39 is 0 Å². The van der Waals surface area contributed by atoms with Crippen LogP contribution in [0.25, 0.3) is 11.3 Å². The summed E-state index contributed by atoms with van der Waals surface area (Å²) in [5.41, 5.74) is 3.82. The van der Waals surface area contributed by atoms with Crippen LogP contribution in [0.15, 0.2) is 42.5 Å². The van der Waals surface area contributed by atoms with E-state index in [4.69, 9.17) is 14.2 Å². The van der Waals surface area contributed by atoms with Crippen molar-refractivity contribution in [3.05, 3.63) is 59.3 Å². The molecule has 0 aliphatic carbocycles. The Morgan fingerprint density at radius 2 is 1.79 bits per heavy atom. The van der Waals surface area contributed by atoms with Crippen LogP contribution in [-0.2, 0) is 0 Å². The van der Waals surface area contributed by atoms with Crippen LogP contribution in [0, 0.1) is 0 Å². The summed E-state index contributed by atoms with van der Waals surface area (Å²) >= 11 is 0. The normalized spacial score (nSPS) is 15.1. The van der Waals surface area contributed by atoms with Crippen LogP contribution in [0.5, 0.6) is 17.2 Å². The van der Waals surface area contributed by atoms with Crippen molar-refractivity contribution in [1.82, 2.24) is 15.5 Å². The van der Waals surface area contributed by atoms with E-state index in [1.807, 2.05) is 49.4 Å². The first kappa shape index (κ1) is 17.9. The minimum Gasteiger partial charge on any atom is -0.494 e. The van der Waals surface area contributed by atoms with Crippen molar-refractivity contribution < 1.29 is 19.0 Å². The fourth-order valence-corrected chi connectivity index (χ4v) is 3.46. The second-order valence-corrected chi connectivity index (χ2v) is 6.34. The van der Waals surface area contributed by atoms with Crippen molar-refractivity contribution in [3.63, 3.8) is 0 Å². The molecule has 7 heteroatoms. The summed E-state index contributed by atoms with van der Waals surface area (Å²) < 4.78 is 16.2. The van der Waals surface area contributed by atoms with E-state index in [1.54, 1.807) is 14.2 Å². The maximum atomic E-state index is 12.5. The Morgan fingerprint density at radius 3 is 2.46 bits per heavy atom. The summed E-state index contributed by atoms with van der Waals surface area (Å²) in [5.74, 6) is 1.85. The van der Waals surface area contributed by atoms with E-state index in [1.165, 1.54) is 0 Å². The summed E-state index contributed by atoms with van der Waals surface area (Å²) in [6.07, 6.45) is 0. The number of ether oxygens (including phenoxy) is 3. The molecular weight excluding hydrogens is 358 g/mol. The fourth-order valence-electron chi connectivity index (χ4n) is 3.46. The second-order valence-electron chi connectivity index (χ2n) is 6.34. The van der Waals surface area contributed by atoms with Gasteiger partial charge in [-0.25, -0.2) is 0 Å². The number of fused-ring (bicyclic) bond motifs is 1. The van der Waals surface area contributed by atoms with Crippen LogP contribution < -0.4 is 19.5 Å². The van der Waals surface area contributed by atoms with Gasteiger partial charge in [-0.3, -0.25) is 9.89 Å². The van der Waals surface area contributed by atoms with Gasteiger partial charge in [-0.2, -0.15) is 5.10 Å². The van der Waals surface area contributed by atoms with Crippen LogP contribution in [0.2, 0.25) is 0 Å². The zero-order chi connectivity index (χ0) is 19.7. The Kier molecular flexibility index (Phi) is 4.65. The average molecular weight is 379 g/mol. The SMILES string of the molecule is CCOc1ccc(-c2n[nH]c3c2C(c2ccc(OC)c(OC)c2)NC3=O)cc1. The maximum Gasteiger partial charge on any atom is 0.270 e. The number of benzene rings is 2. The summed E-state index contributed by atoms with van der Waals surface area (Å²) in [6, 6.07) is 13.0. The molecule has 3 aromatic rings. The summed E-state index contributed by atoms with van der Waals surface area (Å²) in [7, 11) is 3.18. The molecule has 1 amide bonds. The van der Waals surface area contributed by atoms with Gasteiger partial charge in [0.15, 0.2) is 11.5 Å². The minimum absolute atomic E-state index is 0.181. The van der Waals surface area contributed by atoms with Crippen molar-refractivity contribution in [1.29, 1.82) is 0 Å². The van der Waals surface area contributed by atoms with Crippen molar-refractivity contribution in [2.45, 2.75) is 13.0 Å². The fraction of sp³-hybridized carbons (Fsp3) is 0.238. The van der Waals surface area contributed by atoms with Crippen molar-refractivity contribution in [2.75, 3.05) is 20.8 Å². The van der Waals surface area contributed by atoms with Crippen LogP contribution in [0.3, 0.4) is 0 Å². The molecule has 4 rings (SSSR count). The summed E-state index contributed by atoms with van der Waals surface area (Å²) in [4.78, 5) is 12.5. The highest BCUT2D eigenvalue weighted by Crippen LogP contribution is 2.39. The Balaban J connectivity index is 1.76. The largest absolute Gasteiger partial charge is 0.494 e. The zero-order valence-corrected chi connectivity index (χ0v) is 15.9. The van der Waals surface area contributed by atoms with Gasteiger partial charge in [-0.05, 0) is 48.9 Å². The number of nitrogens with one attached hydrogen (secondary N) is 2. The molecule has 2 N–H and O–H groups in total. The van der Waals surface area contributed by atoms with Gasteiger partial charge in [-0.15, -0.1) is 0 Å². The Labute approximate surface area is 162 Å². The number of amides is 1. The third kappa shape index (κ3) is 2.94. The molecule has 1 aliphatic heterocycles. The molecule has 1 atom stereocenters. The third-order valence-corrected chi connectivity index (χ3v) is 4.77. The Bertz CT molecular complexity index is 1010. The van der Waals surface area contributed by atoms with Gasteiger partial charge in [0.05, 0.1) is 32.6 Å². The molecule has 2 heterocycles. The highest BCUT2D eigenvalue weighted by Gasteiger charge is 2.35. The van der Waals surface area contributed by atoms with E-state index in [2.05, 4.69) is 15.5 Å².